The number of hydrogen-bond donors (Lipinski definition) is 0. The Balaban J connectivity index is 1.48. The van der Waals surface area contributed by atoms with Crippen molar-refractivity contribution in [3.8, 4) is 40.1 Å². The number of nitrogens with zero attached hydrogens (tertiary/aromatic N) is 2. The van der Waals surface area contributed by atoms with Gasteiger partial charge in [0.15, 0.2) is 11.5 Å². The first-order valence-electron chi connectivity index (χ1n) is 9.20. The minimum absolute atomic E-state index is 0.150. The molecule has 0 atom stereocenters. The molecule has 0 saturated carbocycles. The van der Waals surface area contributed by atoms with E-state index in [1.165, 1.54) is 6.07 Å². The van der Waals surface area contributed by atoms with E-state index in [1.54, 1.807) is 56.7 Å². The van der Waals surface area contributed by atoms with Gasteiger partial charge in [-0.25, -0.2) is 4.39 Å². The highest BCUT2D eigenvalue weighted by Crippen LogP contribution is 2.32. The molecule has 152 valence electrons. The van der Waals surface area contributed by atoms with E-state index in [1.807, 2.05) is 18.2 Å². The van der Waals surface area contributed by atoms with Crippen LogP contribution in [0.2, 0.25) is 0 Å². The van der Waals surface area contributed by atoms with Crippen molar-refractivity contribution >= 4 is 0 Å². The lowest BCUT2D eigenvalue weighted by molar-refractivity contribution is 0.300. The Bertz CT molecular complexity index is 1140. The molecule has 7 heteroatoms. The van der Waals surface area contributed by atoms with Gasteiger partial charge in [-0.05, 0) is 48.5 Å². The van der Waals surface area contributed by atoms with Gasteiger partial charge in [-0.1, -0.05) is 23.4 Å². The van der Waals surface area contributed by atoms with Crippen molar-refractivity contribution in [3.05, 3.63) is 78.1 Å². The number of hydrogen-bond acceptors (Lipinski definition) is 6. The second-order valence-electron chi connectivity index (χ2n) is 6.40. The van der Waals surface area contributed by atoms with E-state index in [-0.39, 0.29) is 12.4 Å². The maximum absolute atomic E-state index is 13.7. The van der Waals surface area contributed by atoms with Crippen molar-refractivity contribution in [1.29, 1.82) is 0 Å². The van der Waals surface area contributed by atoms with Crippen LogP contribution in [-0.4, -0.2) is 24.4 Å². The van der Waals surface area contributed by atoms with Crippen LogP contribution in [0.5, 0.6) is 17.2 Å². The van der Waals surface area contributed by atoms with Crippen LogP contribution in [0.25, 0.3) is 22.8 Å². The minimum Gasteiger partial charge on any atom is -0.493 e. The first-order valence-corrected chi connectivity index (χ1v) is 9.20. The van der Waals surface area contributed by atoms with Gasteiger partial charge in [0.25, 0.3) is 5.89 Å². The van der Waals surface area contributed by atoms with Crippen molar-refractivity contribution in [1.82, 2.24) is 10.1 Å². The Labute approximate surface area is 172 Å². The molecule has 0 amide bonds. The fourth-order valence-electron chi connectivity index (χ4n) is 2.90. The molecule has 0 unspecified atom stereocenters. The molecule has 3 aromatic carbocycles. The number of ether oxygens (including phenoxy) is 3. The number of methoxy groups -OCH3 is 2. The van der Waals surface area contributed by atoms with Crippen LogP contribution in [0, 0.1) is 5.82 Å². The monoisotopic (exact) mass is 406 g/mol. The van der Waals surface area contributed by atoms with Crippen LogP contribution in [0.4, 0.5) is 4.39 Å². The summed E-state index contributed by atoms with van der Waals surface area (Å²) >= 11 is 0. The lowest BCUT2D eigenvalue weighted by atomic mass is 10.2. The van der Waals surface area contributed by atoms with Crippen molar-refractivity contribution in [2.24, 2.45) is 0 Å². The summed E-state index contributed by atoms with van der Waals surface area (Å²) in [5.74, 6) is 2.33. The Morgan fingerprint density at radius 3 is 2.33 bits per heavy atom. The summed E-state index contributed by atoms with van der Waals surface area (Å²) in [6, 6.07) is 19.1. The number of aromatic nitrogens is 2. The van der Waals surface area contributed by atoms with Gasteiger partial charge in [-0.3, -0.25) is 0 Å². The van der Waals surface area contributed by atoms with E-state index in [9.17, 15) is 4.39 Å². The molecule has 4 rings (SSSR count). The van der Waals surface area contributed by atoms with Gasteiger partial charge in [0.2, 0.25) is 5.82 Å². The smallest absolute Gasteiger partial charge is 0.258 e. The number of halogens is 1. The van der Waals surface area contributed by atoms with Crippen LogP contribution in [-0.2, 0) is 6.61 Å². The van der Waals surface area contributed by atoms with Gasteiger partial charge in [-0.2, -0.15) is 4.98 Å². The predicted molar refractivity (Wildman–Crippen MR) is 109 cm³/mol. The molecule has 30 heavy (non-hydrogen) atoms. The largest absolute Gasteiger partial charge is 0.493 e. The summed E-state index contributed by atoms with van der Waals surface area (Å²) in [6.07, 6.45) is 0. The van der Waals surface area contributed by atoms with Gasteiger partial charge in [0.05, 0.1) is 14.2 Å². The van der Waals surface area contributed by atoms with Crippen molar-refractivity contribution in [2.45, 2.75) is 6.61 Å². The third-order valence-corrected chi connectivity index (χ3v) is 4.52. The molecule has 1 heterocycles. The zero-order chi connectivity index (χ0) is 20.9. The molecule has 4 aromatic rings. The summed E-state index contributed by atoms with van der Waals surface area (Å²) in [5, 5.41) is 4.05. The lowest BCUT2D eigenvalue weighted by Crippen LogP contribution is -1.98. The summed E-state index contributed by atoms with van der Waals surface area (Å²) in [7, 11) is 3.14. The van der Waals surface area contributed by atoms with Crippen LogP contribution in [0.3, 0.4) is 0 Å². The van der Waals surface area contributed by atoms with E-state index < -0.39 is 0 Å². The van der Waals surface area contributed by atoms with Crippen LogP contribution in [0.15, 0.2) is 71.3 Å². The molecule has 0 fully saturated rings. The zero-order valence-corrected chi connectivity index (χ0v) is 16.5. The van der Waals surface area contributed by atoms with Crippen molar-refractivity contribution < 1.29 is 23.1 Å². The number of benzene rings is 3. The first kappa shape index (κ1) is 19.4. The average Bonchev–Trinajstić information content (AvgIpc) is 3.29. The summed E-state index contributed by atoms with van der Waals surface area (Å²) in [6.45, 7) is 0.150. The molecule has 6 nitrogen and oxygen atoms in total. The van der Waals surface area contributed by atoms with E-state index in [0.29, 0.717) is 34.5 Å². The van der Waals surface area contributed by atoms with Gasteiger partial charge < -0.3 is 18.7 Å². The fraction of sp³-hybridized carbons (Fsp3) is 0.130. The summed E-state index contributed by atoms with van der Waals surface area (Å²) < 4.78 is 35.3. The molecule has 0 aliphatic heterocycles. The van der Waals surface area contributed by atoms with Crippen molar-refractivity contribution in [2.75, 3.05) is 14.2 Å². The lowest BCUT2D eigenvalue weighted by Gasteiger charge is -2.07. The Kier molecular flexibility index (Phi) is 5.61. The topological polar surface area (TPSA) is 66.6 Å². The highest BCUT2D eigenvalue weighted by atomic mass is 19.1. The van der Waals surface area contributed by atoms with Crippen LogP contribution < -0.4 is 14.2 Å². The third kappa shape index (κ3) is 4.10. The maximum atomic E-state index is 13.7. The van der Waals surface area contributed by atoms with Gasteiger partial charge >= 0.3 is 0 Å². The molecule has 1 aromatic heterocycles. The second kappa shape index (κ2) is 8.65. The van der Waals surface area contributed by atoms with Crippen LogP contribution in [0.1, 0.15) is 5.56 Å². The Morgan fingerprint density at radius 2 is 1.60 bits per heavy atom. The normalized spacial score (nSPS) is 10.6. The molecule has 0 spiro atoms. The zero-order valence-electron chi connectivity index (χ0n) is 16.5. The Morgan fingerprint density at radius 1 is 0.867 bits per heavy atom. The van der Waals surface area contributed by atoms with Gasteiger partial charge in [0.1, 0.15) is 18.2 Å². The number of rotatable bonds is 7. The standard InChI is InChI=1S/C23H19FN2O4/c1-27-20-12-9-16(13-21(20)28-2)23-25-22(26-30-23)15-7-10-18(11-8-15)29-14-17-5-3-4-6-19(17)24/h3-13H,14H2,1-2H3. The third-order valence-electron chi connectivity index (χ3n) is 4.52. The van der Waals surface area contributed by atoms with E-state index in [0.717, 1.165) is 11.1 Å². The van der Waals surface area contributed by atoms with Crippen molar-refractivity contribution in [3.63, 3.8) is 0 Å². The molecule has 0 N–H and O–H groups in total. The predicted octanol–water partition coefficient (Wildman–Crippen LogP) is 5.14. The Hall–Kier alpha value is -3.87. The van der Waals surface area contributed by atoms with E-state index in [4.69, 9.17) is 18.7 Å². The average molecular weight is 406 g/mol. The summed E-state index contributed by atoms with van der Waals surface area (Å²) in [5.41, 5.74) is 1.99. The highest BCUT2D eigenvalue weighted by Gasteiger charge is 2.13. The maximum Gasteiger partial charge on any atom is 0.258 e. The van der Waals surface area contributed by atoms with E-state index >= 15 is 0 Å². The molecular formula is C23H19FN2O4. The van der Waals surface area contributed by atoms with E-state index in [2.05, 4.69) is 10.1 Å². The molecule has 0 aliphatic rings. The molecular weight excluding hydrogens is 387 g/mol. The molecule has 0 bridgehead atoms. The van der Waals surface area contributed by atoms with Gasteiger partial charge in [-0.15, -0.1) is 0 Å². The second-order valence-corrected chi connectivity index (χ2v) is 6.40. The van der Waals surface area contributed by atoms with Crippen LogP contribution >= 0.6 is 0 Å². The first-order chi connectivity index (χ1) is 14.7. The molecule has 0 saturated heterocycles. The fourth-order valence-corrected chi connectivity index (χ4v) is 2.90. The quantitative estimate of drug-likeness (QED) is 0.423. The minimum atomic E-state index is -0.288. The van der Waals surface area contributed by atoms with Gasteiger partial charge in [0, 0.05) is 16.7 Å². The highest BCUT2D eigenvalue weighted by molar-refractivity contribution is 5.63. The molecule has 0 aliphatic carbocycles. The summed E-state index contributed by atoms with van der Waals surface area (Å²) in [4.78, 5) is 4.45. The SMILES string of the molecule is COc1ccc(-c2nc(-c3ccc(OCc4ccccc4F)cc3)no2)cc1OC. The molecule has 0 radical (unpaired) electrons.